The van der Waals surface area contributed by atoms with Gasteiger partial charge in [-0.1, -0.05) is 19.9 Å². The molecule has 1 aromatic rings. The molecule has 0 aliphatic rings. The molecule has 3 nitrogen and oxygen atoms in total. The third-order valence-corrected chi connectivity index (χ3v) is 2.85. The van der Waals surface area contributed by atoms with E-state index in [1.807, 2.05) is 12.1 Å². The fraction of sp³-hybridized carbons (Fsp3) is 0.571. The highest BCUT2D eigenvalue weighted by atomic mass is 16.5. The first-order valence-corrected chi connectivity index (χ1v) is 6.01. The second kappa shape index (κ2) is 5.52. The van der Waals surface area contributed by atoms with Gasteiger partial charge in [0.1, 0.15) is 18.0 Å². The molecule has 0 fully saturated rings. The lowest BCUT2D eigenvalue weighted by molar-refractivity contribution is 0.0195. The standard InChI is InChI=1S/C14H23NO2/c1-10(2)13-6-5-12(7-11(13)3)17-9-14(4,16)8-15/h5-7,10,16H,8-9,15H2,1-4H3. The average molecular weight is 237 g/mol. The maximum Gasteiger partial charge on any atom is 0.119 e. The highest BCUT2D eigenvalue weighted by Crippen LogP contribution is 2.23. The van der Waals surface area contributed by atoms with Crippen molar-refractivity contribution in [2.45, 2.75) is 39.2 Å². The molecule has 0 saturated carbocycles. The van der Waals surface area contributed by atoms with Gasteiger partial charge in [-0.3, -0.25) is 0 Å². The first-order chi connectivity index (χ1) is 7.85. The van der Waals surface area contributed by atoms with E-state index in [4.69, 9.17) is 10.5 Å². The van der Waals surface area contributed by atoms with Crippen LogP contribution in [0.5, 0.6) is 5.75 Å². The van der Waals surface area contributed by atoms with Crippen LogP contribution < -0.4 is 10.5 Å². The Hall–Kier alpha value is -1.06. The molecule has 17 heavy (non-hydrogen) atoms. The minimum Gasteiger partial charge on any atom is -0.491 e. The highest BCUT2D eigenvalue weighted by Gasteiger charge is 2.19. The van der Waals surface area contributed by atoms with Crippen molar-refractivity contribution < 1.29 is 9.84 Å². The van der Waals surface area contributed by atoms with E-state index in [1.54, 1.807) is 6.92 Å². The molecule has 0 aliphatic heterocycles. The number of nitrogens with two attached hydrogens (primary N) is 1. The first kappa shape index (κ1) is 14.0. The zero-order valence-corrected chi connectivity index (χ0v) is 11.2. The topological polar surface area (TPSA) is 55.5 Å². The molecule has 0 aromatic heterocycles. The van der Waals surface area contributed by atoms with E-state index in [9.17, 15) is 5.11 Å². The molecular formula is C14H23NO2. The Morgan fingerprint density at radius 1 is 1.41 bits per heavy atom. The van der Waals surface area contributed by atoms with Crippen molar-refractivity contribution >= 4 is 0 Å². The number of rotatable bonds is 5. The Kier molecular flexibility index (Phi) is 4.54. The van der Waals surface area contributed by atoms with Crippen LogP contribution in [-0.2, 0) is 0 Å². The van der Waals surface area contributed by atoms with Crippen molar-refractivity contribution in [3.05, 3.63) is 29.3 Å². The normalized spacial score (nSPS) is 14.8. The summed E-state index contributed by atoms with van der Waals surface area (Å²) in [4.78, 5) is 0. The minimum absolute atomic E-state index is 0.191. The Labute approximate surface area is 104 Å². The summed E-state index contributed by atoms with van der Waals surface area (Å²) in [5.74, 6) is 1.29. The molecule has 0 radical (unpaired) electrons. The Bertz CT molecular complexity index is 372. The monoisotopic (exact) mass is 237 g/mol. The molecule has 0 amide bonds. The fourth-order valence-electron chi connectivity index (χ4n) is 1.68. The van der Waals surface area contributed by atoms with Crippen molar-refractivity contribution in [1.82, 2.24) is 0 Å². The van der Waals surface area contributed by atoms with Gasteiger partial charge in [0.05, 0.1) is 0 Å². The van der Waals surface area contributed by atoms with Crippen LogP contribution in [0.3, 0.4) is 0 Å². The summed E-state index contributed by atoms with van der Waals surface area (Å²) >= 11 is 0. The molecule has 1 atom stereocenters. The van der Waals surface area contributed by atoms with Gasteiger partial charge in [0.2, 0.25) is 0 Å². The Morgan fingerprint density at radius 2 is 2.06 bits per heavy atom. The second-order valence-electron chi connectivity index (χ2n) is 5.16. The number of hydrogen-bond acceptors (Lipinski definition) is 3. The van der Waals surface area contributed by atoms with E-state index in [2.05, 4.69) is 26.8 Å². The van der Waals surface area contributed by atoms with Gasteiger partial charge < -0.3 is 15.6 Å². The Morgan fingerprint density at radius 3 is 2.53 bits per heavy atom. The molecule has 0 aliphatic carbocycles. The predicted octanol–water partition coefficient (Wildman–Crippen LogP) is 2.21. The van der Waals surface area contributed by atoms with E-state index in [0.29, 0.717) is 5.92 Å². The van der Waals surface area contributed by atoms with Crippen molar-refractivity contribution in [3.63, 3.8) is 0 Å². The summed E-state index contributed by atoms with van der Waals surface area (Å²) in [7, 11) is 0. The average Bonchev–Trinajstić information content (AvgIpc) is 2.26. The molecule has 1 rings (SSSR count). The van der Waals surface area contributed by atoms with Crippen LogP contribution in [0.2, 0.25) is 0 Å². The van der Waals surface area contributed by atoms with Gasteiger partial charge in [-0.25, -0.2) is 0 Å². The predicted molar refractivity (Wildman–Crippen MR) is 70.4 cm³/mol. The first-order valence-electron chi connectivity index (χ1n) is 6.01. The highest BCUT2D eigenvalue weighted by molar-refractivity contribution is 5.36. The van der Waals surface area contributed by atoms with E-state index in [0.717, 1.165) is 5.75 Å². The largest absolute Gasteiger partial charge is 0.491 e. The van der Waals surface area contributed by atoms with Gasteiger partial charge in [0, 0.05) is 6.54 Å². The lowest BCUT2D eigenvalue weighted by Gasteiger charge is -2.21. The molecule has 0 spiro atoms. The summed E-state index contributed by atoms with van der Waals surface area (Å²) in [6, 6.07) is 6.02. The smallest absolute Gasteiger partial charge is 0.119 e. The number of ether oxygens (including phenoxy) is 1. The maximum atomic E-state index is 9.75. The number of benzene rings is 1. The summed E-state index contributed by atoms with van der Waals surface area (Å²) in [6.45, 7) is 8.48. The van der Waals surface area contributed by atoms with Crippen LogP contribution in [0.4, 0.5) is 0 Å². The summed E-state index contributed by atoms with van der Waals surface area (Å²) in [5, 5.41) is 9.75. The van der Waals surface area contributed by atoms with Crippen molar-refractivity contribution in [2.75, 3.05) is 13.2 Å². The van der Waals surface area contributed by atoms with Crippen LogP contribution in [-0.4, -0.2) is 23.9 Å². The van der Waals surface area contributed by atoms with Gasteiger partial charge in [-0.05, 0) is 43.0 Å². The lowest BCUT2D eigenvalue weighted by atomic mass is 9.98. The van der Waals surface area contributed by atoms with Crippen LogP contribution in [0, 0.1) is 6.92 Å². The lowest BCUT2D eigenvalue weighted by Crippen LogP contribution is -2.40. The van der Waals surface area contributed by atoms with Crippen molar-refractivity contribution in [3.8, 4) is 5.75 Å². The molecule has 3 N–H and O–H groups in total. The summed E-state index contributed by atoms with van der Waals surface area (Å²) < 4.78 is 5.55. The molecule has 1 aromatic carbocycles. The van der Waals surface area contributed by atoms with Gasteiger partial charge in [0.15, 0.2) is 0 Å². The summed E-state index contributed by atoms with van der Waals surface area (Å²) in [5.41, 5.74) is 7.00. The van der Waals surface area contributed by atoms with E-state index >= 15 is 0 Å². The van der Waals surface area contributed by atoms with Gasteiger partial charge in [-0.2, -0.15) is 0 Å². The van der Waals surface area contributed by atoms with Gasteiger partial charge >= 0.3 is 0 Å². The van der Waals surface area contributed by atoms with Crippen LogP contribution >= 0.6 is 0 Å². The van der Waals surface area contributed by atoms with Crippen LogP contribution in [0.25, 0.3) is 0 Å². The van der Waals surface area contributed by atoms with Crippen molar-refractivity contribution in [2.24, 2.45) is 5.73 Å². The molecule has 0 heterocycles. The molecule has 0 saturated heterocycles. The quantitative estimate of drug-likeness (QED) is 0.825. The molecule has 96 valence electrons. The van der Waals surface area contributed by atoms with Gasteiger partial charge in [0.25, 0.3) is 0 Å². The molecular weight excluding hydrogens is 214 g/mol. The fourth-order valence-corrected chi connectivity index (χ4v) is 1.68. The van der Waals surface area contributed by atoms with E-state index < -0.39 is 5.60 Å². The maximum absolute atomic E-state index is 9.75. The minimum atomic E-state index is -0.968. The van der Waals surface area contributed by atoms with Crippen LogP contribution in [0.15, 0.2) is 18.2 Å². The number of hydrogen-bond donors (Lipinski definition) is 2. The third kappa shape index (κ3) is 4.02. The van der Waals surface area contributed by atoms with Crippen molar-refractivity contribution in [1.29, 1.82) is 0 Å². The van der Waals surface area contributed by atoms with Gasteiger partial charge in [-0.15, -0.1) is 0 Å². The summed E-state index contributed by atoms with van der Waals surface area (Å²) in [6.07, 6.45) is 0. The van der Waals surface area contributed by atoms with E-state index in [1.165, 1.54) is 11.1 Å². The Balaban J connectivity index is 2.71. The number of aryl methyl sites for hydroxylation is 1. The zero-order valence-electron chi connectivity index (χ0n) is 11.2. The third-order valence-electron chi connectivity index (χ3n) is 2.85. The van der Waals surface area contributed by atoms with Crippen LogP contribution in [0.1, 0.15) is 37.8 Å². The van der Waals surface area contributed by atoms with E-state index in [-0.39, 0.29) is 13.2 Å². The molecule has 1 unspecified atom stereocenters. The number of aliphatic hydroxyl groups is 1. The zero-order chi connectivity index (χ0) is 13.1. The second-order valence-corrected chi connectivity index (χ2v) is 5.16. The molecule has 0 bridgehead atoms. The molecule has 3 heteroatoms. The SMILES string of the molecule is Cc1cc(OCC(C)(O)CN)ccc1C(C)C.